The molecule has 5 aliphatic heterocycles. The SMILES string of the molecule is C[C@@H]1COCCN1C[C@H]1CN(C(=O)OC(C)(C)C)[C@H](C)CN1CC(=O)N1C[C@](C)(C(=O)Nc2ccc3c(c2)[C@@H](C(=O)Nc2c(F)cccc2F)N(C(=O)[C@@H](NC(=O)[C@H](C)N(C)C(=O)OC(C)(C)C)C2CCOCC2)C3)c2ccc(Cc3ccc(F)cc3)cc21. The van der Waals surface area contributed by atoms with Crippen molar-refractivity contribution in [1.29, 1.82) is 0 Å². The van der Waals surface area contributed by atoms with E-state index >= 15 is 23.2 Å². The Bertz CT molecular complexity index is 3300. The maximum Gasteiger partial charge on any atom is 0.410 e. The largest absolute Gasteiger partial charge is 0.444 e. The number of morpholine rings is 1. The van der Waals surface area contributed by atoms with Crippen LogP contribution in [0.2, 0.25) is 0 Å². The molecule has 7 atom stereocenters. The van der Waals surface area contributed by atoms with Crippen molar-refractivity contribution in [2.24, 2.45) is 5.92 Å². The number of ether oxygens (including phenoxy) is 4. The Morgan fingerprint density at radius 1 is 0.775 bits per heavy atom. The Morgan fingerprint density at radius 3 is 2.11 bits per heavy atom. The van der Waals surface area contributed by atoms with E-state index in [0.29, 0.717) is 75.5 Å². The molecule has 0 aromatic heterocycles. The Morgan fingerprint density at radius 2 is 1.45 bits per heavy atom. The van der Waals surface area contributed by atoms with Crippen molar-refractivity contribution in [1.82, 2.24) is 29.8 Å². The number of benzene rings is 4. The molecule has 0 spiro atoms. The van der Waals surface area contributed by atoms with Gasteiger partial charge in [-0.2, -0.15) is 0 Å². The van der Waals surface area contributed by atoms with E-state index in [0.717, 1.165) is 34.2 Å². The molecule has 5 aliphatic rings. The van der Waals surface area contributed by atoms with Crippen molar-refractivity contribution in [3.8, 4) is 0 Å². The van der Waals surface area contributed by atoms with Crippen LogP contribution in [0.25, 0.3) is 0 Å². The highest BCUT2D eigenvalue weighted by molar-refractivity contribution is 6.07. The fraction of sp³-hybridized carbons (Fsp3) is 0.530. The summed E-state index contributed by atoms with van der Waals surface area (Å²) in [7, 11) is 1.40. The molecule has 4 aromatic rings. The zero-order valence-corrected chi connectivity index (χ0v) is 52.8. The molecule has 23 heteroatoms. The maximum atomic E-state index is 15.4. The second-order valence-corrected chi connectivity index (χ2v) is 26.5. The highest BCUT2D eigenvalue weighted by Crippen LogP contribution is 2.44. The third-order valence-electron chi connectivity index (χ3n) is 17.5. The van der Waals surface area contributed by atoms with Gasteiger partial charge in [0.1, 0.15) is 52.5 Å². The number of carbonyl (C=O) groups is 7. The van der Waals surface area contributed by atoms with Gasteiger partial charge in [-0.25, -0.2) is 22.8 Å². The third kappa shape index (κ3) is 15.2. The average Bonchev–Trinajstić information content (AvgIpc) is 1.64. The predicted octanol–water partition coefficient (Wildman–Crippen LogP) is 8.16. The lowest BCUT2D eigenvalue weighted by Crippen LogP contribution is -2.64. The van der Waals surface area contributed by atoms with E-state index in [1.54, 1.807) is 61.8 Å². The van der Waals surface area contributed by atoms with Gasteiger partial charge in [0.15, 0.2) is 0 Å². The smallest absolute Gasteiger partial charge is 0.410 e. The van der Waals surface area contributed by atoms with Crippen LogP contribution >= 0.6 is 0 Å². The Hall–Kier alpha value is -7.60. The van der Waals surface area contributed by atoms with Crippen molar-refractivity contribution in [3.63, 3.8) is 0 Å². The lowest BCUT2D eigenvalue weighted by molar-refractivity contribution is -0.144. The zero-order chi connectivity index (χ0) is 64.4. The van der Waals surface area contributed by atoms with Crippen molar-refractivity contribution in [2.75, 3.05) is 88.3 Å². The first-order chi connectivity index (χ1) is 42.0. The number of anilines is 3. The summed E-state index contributed by atoms with van der Waals surface area (Å²) in [6.07, 6.45) is -0.119. The molecule has 9 rings (SSSR count). The van der Waals surface area contributed by atoms with Gasteiger partial charge in [-0.15, -0.1) is 0 Å². The van der Waals surface area contributed by atoms with Gasteiger partial charge in [-0.1, -0.05) is 36.4 Å². The summed E-state index contributed by atoms with van der Waals surface area (Å²) in [5, 5.41) is 8.30. The number of para-hydroxylation sites is 1. The summed E-state index contributed by atoms with van der Waals surface area (Å²) < 4.78 is 67.5. The van der Waals surface area contributed by atoms with E-state index in [2.05, 4.69) is 32.7 Å². The summed E-state index contributed by atoms with van der Waals surface area (Å²) in [4.78, 5) is 112. The van der Waals surface area contributed by atoms with Gasteiger partial charge in [0.2, 0.25) is 23.6 Å². The van der Waals surface area contributed by atoms with Gasteiger partial charge in [0.05, 0.1) is 25.2 Å². The van der Waals surface area contributed by atoms with Crippen LogP contribution in [0.5, 0.6) is 0 Å². The van der Waals surface area contributed by atoms with Gasteiger partial charge in [-0.05, 0) is 165 Å². The Balaban J connectivity index is 1.02. The molecule has 7 amide bonds. The molecule has 3 fully saturated rings. The second kappa shape index (κ2) is 26.8. The number of fused-ring (bicyclic) bond motifs is 2. The summed E-state index contributed by atoms with van der Waals surface area (Å²) >= 11 is 0. The molecule has 3 N–H and O–H groups in total. The Kier molecular flexibility index (Phi) is 19.9. The highest BCUT2D eigenvalue weighted by Gasteiger charge is 2.49. The van der Waals surface area contributed by atoms with E-state index in [4.69, 9.17) is 18.9 Å². The summed E-state index contributed by atoms with van der Waals surface area (Å²) in [6.45, 7) is 20.9. The maximum absolute atomic E-state index is 15.4. The molecule has 3 saturated heterocycles. The molecule has 0 radical (unpaired) electrons. The topological polar surface area (TPSA) is 212 Å². The van der Waals surface area contributed by atoms with Crippen LogP contribution in [0, 0.1) is 23.4 Å². The van der Waals surface area contributed by atoms with E-state index in [-0.39, 0.29) is 73.9 Å². The summed E-state index contributed by atoms with van der Waals surface area (Å²) in [5.74, 6) is -6.17. The number of carbonyl (C=O) groups excluding carboxylic acids is 7. The van der Waals surface area contributed by atoms with Crippen LogP contribution in [0.1, 0.15) is 116 Å². The fourth-order valence-electron chi connectivity index (χ4n) is 12.4. The molecular weight excluding hydrogens is 1150 g/mol. The fourth-order valence-corrected chi connectivity index (χ4v) is 12.4. The second-order valence-electron chi connectivity index (χ2n) is 26.5. The van der Waals surface area contributed by atoms with Crippen LogP contribution in [-0.4, -0.2) is 180 Å². The number of hydrogen-bond acceptors (Lipinski definition) is 13. The monoisotopic (exact) mass is 1240 g/mol. The van der Waals surface area contributed by atoms with E-state index in [1.165, 1.54) is 37.1 Å². The normalized spacial score (nSPS) is 22.3. The molecule has 89 heavy (non-hydrogen) atoms. The number of piperazine rings is 1. The van der Waals surface area contributed by atoms with Crippen molar-refractivity contribution < 1.29 is 65.7 Å². The quantitative estimate of drug-likeness (QED) is 0.103. The minimum absolute atomic E-state index is 0.0588. The van der Waals surface area contributed by atoms with Gasteiger partial charge in [0, 0.05) is 89.0 Å². The molecule has 0 unspecified atom stereocenters. The number of halogens is 3. The number of likely N-dealkylation sites (N-methyl/N-ethyl adjacent to an activating group) is 1. The third-order valence-corrected chi connectivity index (χ3v) is 17.5. The highest BCUT2D eigenvalue weighted by atomic mass is 19.1. The molecule has 0 aliphatic carbocycles. The van der Waals surface area contributed by atoms with Crippen LogP contribution in [0.15, 0.2) is 78.9 Å². The first-order valence-electron chi connectivity index (χ1n) is 30.6. The average molecular weight is 1240 g/mol. The zero-order valence-electron chi connectivity index (χ0n) is 52.8. The molecule has 480 valence electrons. The van der Waals surface area contributed by atoms with E-state index in [1.807, 2.05) is 45.9 Å². The summed E-state index contributed by atoms with van der Waals surface area (Å²) in [5.41, 5.74) is -0.195. The number of amides is 7. The van der Waals surface area contributed by atoms with E-state index < -0.39 is 93.8 Å². The minimum Gasteiger partial charge on any atom is -0.444 e. The predicted molar refractivity (Wildman–Crippen MR) is 327 cm³/mol. The van der Waals surface area contributed by atoms with Gasteiger partial charge < -0.3 is 49.6 Å². The first kappa shape index (κ1) is 65.8. The molecule has 4 aromatic carbocycles. The van der Waals surface area contributed by atoms with Crippen molar-refractivity contribution in [3.05, 3.63) is 124 Å². The van der Waals surface area contributed by atoms with Crippen molar-refractivity contribution in [2.45, 2.75) is 148 Å². The minimum atomic E-state index is -1.56. The van der Waals surface area contributed by atoms with Gasteiger partial charge in [-0.3, -0.25) is 38.7 Å². The molecule has 5 heterocycles. The lowest BCUT2D eigenvalue weighted by Gasteiger charge is -2.47. The van der Waals surface area contributed by atoms with Crippen molar-refractivity contribution >= 4 is 58.8 Å². The number of nitrogens with zero attached hydrogens (tertiary/aromatic N) is 6. The van der Waals surface area contributed by atoms with Crippen LogP contribution in [0.3, 0.4) is 0 Å². The van der Waals surface area contributed by atoms with Crippen LogP contribution in [0.4, 0.5) is 39.8 Å². The number of nitrogens with one attached hydrogen (secondary N) is 3. The molecule has 20 nitrogen and oxygen atoms in total. The number of rotatable bonds is 15. The van der Waals surface area contributed by atoms with Gasteiger partial charge >= 0.3 is 12.2 Å². The standard InChI is InChI=1S/C66H84F3N9O11/c1-39-32-75(48(34-74-25-28-87-37-40(74)2)35-76(39)63(85)89-65(7,8)9)36-54(79)78-38-66(10,50-22-17-43(30-53(50)78)29-42-15-19-46(67)20-16-42)61(83)70-47-21-18-45-33-77(57(49(45)31-47)59(81)72-56-51(68)13-12-14-52(56)69)60(82)55(44-23-26-86-27-24-44)71-58(80)41(3)73(11)62(84)88-64(4,5)6/h12-22,30-31,39-41,44,48,55,57H,23-29,32-38H2,1-11H3,(H,70,83)(H,71,80)(H,72,81)/t39-,40-,41+,48+,55+,57+,66+/m1/s1. The molecule has 0 saturated carbocycles. The first-order valence-corrected chi connectivity index (χ1v) is 30.6. The van der Waals surface area contributed by atoms with Crippen LogP contribution < -0.4 is 20.9 Å². The Labute approximate surface area is 518 Å². The van der Waals surface area contributed by atoms with Gasteiger partial charge in [0.25, 0.3) is 5.91 Å². The molecule has 0 bridgehead atoms. The summed E-state index contributed by atoms with van der Waals surface area (Å²) in [6, 6.07) is 15.1. The number of hydrogen-bond donors (Lipinski definition) is 3. The van der Waals surface area contributed by atoms with E-state index in [9.17, 15) is 23.6 Å². The lowest BCUT2D eigenvalue weighted by atomic mass is 9.82. The molecular formula is C66H84F3N9O11. The van der Waals surface area contributed by atoms with Crippen LogP contribution in [-0.2, 0) is 61.3 Å².